The number of rotatable bonds is 3. The number of piperazine rings is 1. The van der Waals surface area contributed by atoms with E-state index in [0.29, 0.717) is 31.7 Å². The second-order valence-electron chi connectivity index (χ2n) is 5.32. The summed E-state index contributed by atoms with van der Waals surface area (Å²) in [6.45, 7) is 2.59. The number of hydrogen-bond acceptors (Lipinski definition) is 4. The van der Waals surface area contributed by atoms with Crippen molar-refractivity contribution in [3.63, 3.8) is 0 Å². The van der Waals surface area contributed by atoms with Crippen molar-refractivity contribution in [1.82, 2.24) is 9.88 Å². The van der Waals surface area contributed by atoms with Crippen LogP contribution in [-0.2, 0) is 0 Å². The highest BCUT2D eigenvalue weighted by Crippen LogP contribution is 2.20. The molecular formula is C17H18FN3O2. The first-order valence-corrected chi connectivity index (χ1v) is 7.48. The number of anilines is 1. The first-order valence-electron chi connectivity index (χ1n) is 7.48. The molecule has 0 N–H and O–H groups in total. The number of benzene rings is 1. The van der Waals surface area contributed by atoms with Crippen molar-refractivity contribution in [3.05, 3.63) is 54.0 Å². The molecule has 0 radical (unpaired) electrons. The van der Waals surface area contributed by atoms with Gasteiger partial charge in [0.15, 0.2) is 11.6 Å². The SMILES string of the molecule is COc1ccc(C(=O)N2CCN(c3ccccn3)CC2)cc1F. The van der Waals surface area contributed by atoms with E-state index in [0.717, 1.165) is 5.82 Å². The molecule has 120 valence electrons. The molecule has 23 heavy (non-hydrogen) atoms. The van der Waals surface area contributed by atoms with E-state index < -0.39 is 5.82 Å². The first-order chi connectivity index (χ1) is 11.2. The van der Waals surface area contributed by atoms with Gasteiger partial charge in [-0.2, -0.15) is 0 Å². The molecule has 1 amide bonds. The molecule has 2 heterocycles. The summed E-state index contributed by atoms with van der Waals surface area (Å²) in [5.41, 5.74) is 0.342. The molecule has 0 bridgehead atoms. The van der Waals surface area contributed by atoms with Crippen molar-refractivity contribution in [1.29, 1.82) is 0 Å². The van der Waals surface area contributed by atoms with E-state index in [9.17, 15) is 9.18 Å². The maximum absolute atomic E-state index is 13.7. The standard InChI is InChI=1S/C17H18FN3O2/c1-23-15-6-5-13(12-14(15)18)17(22)21-10-8-20(9-11-21)16-4-2-3-7-19-16/h2-7,12H,8-11H2,1H3. The zero-order chi connectivity index (χ0) is 16.2. The van der Waals surface area contributed by atoms with E-state index >= 15 is 0 Å². The maximum atomic E-state index is 13.7. The van der Waals surface area contributed by atoms with Crippen molar-refractivity contribution >= 4 is 11.7 Å². The highest BCUT2D eigenvalue weighted by Gasteiger charge is 2.23. The minimum absolute atomic E-state index is 0.140. The van der Waals surface area contributed by atoms with Crippen LogP contribution in [0, 0.1) is 5.82 Å². The van der Waals surface area contributed by atoms with Gasteiger partial charge in [-0.15, -0.1) is 0 Å². The maximum Gasteiger partial charge on any atom is 0.254 e. The third-order valence-electron chi connectivity index (χ3n) is 3.94. The number of nitrogens with zero attached hydrogens (tertiary/aromatic N) is 3. The Morgan fingerprint density at radius 1 is 1.17 bits per heavy atom. The molecular weight excluding hydrogens is 297 g/mol. The Morgan fingerprint density at radius 2 is 1.96 bits per heavy atom. The van der Waals surface area contributed by atoms with Crippen molar-refractivity contribution in [3.8, 4) is 5.75 Å². The Morgan fingerprint density at radius 3 is 2.57 bits per heavy atom. The zero-order valence-electron chi connectivity index (χ0n) is 12.9. The molecule has 1 aliphatic rings. The molecule has 0 aliphatic carbocycles. The largest absolute Gasteiger partial charge is 0.494 e. The Hall–Kier alpha value is -2.63. The molecule has 0 unspecified atom stereocenters. The van der Waals surface area contributed by atoms with Crippen LogP contribution in [-0.4, -0.2) is 49.1 Å². The number of halogens is 1. The van der Waals surface area contributed by atoms with Gasteiger partial charge in [-0.05, 0) is 30.3 Å². The topological polar surface area (TPSA) is 45.7 Å². The van der Waals surface area contributed by atoms with Crippen molar-refractivity contribution in [2.45, 2.75) is 0 Å². The Balaban J connectivity index is 1.65. The van der Waals surface area contributed by atoms with Gasteiger partial charge in [-0.1, -0.05) is 6.07 Å². The van der Waals surface area contributed by atoms with Gasteiger partial charge >= 0.3 is 0 Å². The predicted octanol–water partition coefficient (Wildman–Crippen LogP) is 2.19. The van der Waals surface area contributed by atoms with Crippen molar-refractivity contribution in [2.24, 2.45) is 0 Å². The van der Waals surface area contributed by atoms with Crippen LogP contribution in [0.5, 0.6) is 5.75 Å². The highest BCUT2D eigenvalue weighted by atomic mass is 19.1. The van der Waals surface area contributed by atoms with E-state index in [4.69, 9.17) is 4.74 Å². The fourth-order valence-electron chi connectivity index (χ4n) is 2.66. The molecule has 6 heteroatoms. The second-order valence-corrected chi connectivity index (χ2v) is 5.32. The Bertz CT molecular complexity index is 685. The fraction of sp³-hybridized carbons (Fsp3) is 0.294. The molecule has 1 aromatic heterocycles. The summed E-state index contributed by atoms with van der Waals surface area (Å²) in [5.74, 6) is 0.370. The van der Waals surface area contributed by atoms with E-state index in [2.05, 4.69) is 9.88 Å². The Labute approximate surface area is 134 Å². The number of ether oxygens (including phenoxy) is 1. The lowest BCUT2D eigenvalue weighted by atomic mass is 10.1. The lowest BCUT2D eigenvalue weighted by Gasteiger charge is -2.35. The fourth-order valence-corrected chi connectivity index (χ4v) is 2.66. The Kier molecular flexibility index (Phi) is 4.41. The molecule has 1 fully saturated rings. The summed E-state index contributed by atoms with van der Waals surface area (Å²) in [6, 6.07) is 10.1. The van der Waals surface area contributed by atoms with Crippen LogP contribution in [0.1, 0.15) is 10.4 Å². The molecule has 0 atom stereocenters. The number of pyridine rings is 1. The number of carbonyl (C=O) groups excluding carboxylic acids is 1. The smallest absolute Gasteiger partial charge is 0.254 e. The number of carbonyl (C=O) groups is 1. The molecule has 3 rings (SSSR count). The van der Waals surface area contributed by atoms with Gasteiger partial charge in [0.05, 0.1) is 7.11 Å². The summed E-state index contributed by atoms with van der Waals surface area (Å²) >= 11 is 0. The normalized spacial score (nSPS) is 14.7. The lowest BCUT2D eigenvalue weighted by molar-refractivity contribution is 0.0746. The summed E-state index contributed by atoms with van der Waals surface area (Å²) in [4.78, 5) is 20.7. The number of aromatic nitrogens is 1. The van der Waals surface area contributed by atoms with Crippen LogP contribution < -0.4 is 9.64 Å². The monoisotopic (exact) mass is 315 g/mol. The van der Waals surface area contributed by atoms with Gasteiger partial charge in [0.2, 0.25) is 0 Å². The summed E-state index contributed by atoms with van der Waals surface area (Å²) < 4.78 is 18.6. The molecule has 1 aromatic carbocycles. The van der Waals surface area contributed by atoms with Crippen molar-refractivity contribution in [2.75, 3.05) is 38.2 Å². The van der Waals surface area contributed by atoms with Gasteiger partial charge in [-0.25, -0.2) is 9.37 Å². The minimum atomic E-state index is -0.523. The minimum Gasteiger partial charge on any atom is -0.494 e. The van der Waals surface area contributed by atoms with Gasteiger partial charge in [0.1, 0.15) is 5.82 Å². The van der Waals surface area contributed by atoms with Crippen molar-refractivity contribution < 1.29 is 13.9 Å². The quantitative estimate of drug-likeness (QED) is 0.871. The average Bonchev–Trinajstić information content (AvgIpc) is 2.62. The van der Waals surface area contributed by atoms with Crippen LogP contribution in [0.4, 0.5) is 10.2 Å². The van der Waals surface area contributed by atoms with Gasteiger partial charge in [0, 0.05) is 37.9 Å². The first kappa shape index (κ1) is 15.3. The predicted molar refractivity (Wildman–Crippen MR) is 85.3 cm³/mol. The number of hydrogen-bond donors (Lipinski definition) is 0. The number of methoxy groups -OCH3 is 1. The van der Waals surface area contributed by atoms with Gasteiger partial charge in [-0.3, -0.25) is 4.79 Å². The van der Waals surface area contributed by atoms with E-state index in [1.54, 1.807) is 17.2 Å². The van der Waals surface area contributed by atoms with Crippen LogP contribution in [0.15, 0.2) is 42.6 Å². The van der Waals surface area contributed by atoms with E-state index in [-0.39, 0.29) is 11.7 Å². The van der Waals surface area contributed by atoms with E-state index in [1.807, 2.05) is 18.2 Å². The lowest BCUT2D eigenvalue weighted by Crippen LogP contribution is -2.49. The zero-order valence-corrected chi connectivity index (χ0v) is 12.9. The highest BCUT2D eigenvalue weighted by molar-refractivity contribution is 5.94. The molecule has 1 saturated heterocycles. The van der Waals surface area contributed by atoms with E-state index in [1.165, 1.54) is 19.2 Å². The molecule has 1 aliphatic heterocycles. The number of amides is 1. The van der Waals surface area contributed by atoms with Crippen LogP contribution in [0.3, 0.4) is 0 Å². The third-order valence-corrected chi connectivity index (χ3v) is 3.94. The van der Waals surface area contributed by atoms with Crippen LogP contribution >= 0.6 is 0 Å². The average molecular weight is 315 g/mol. The third kappa shape index (κ3) is 3.26. The van der Waals surface area contributed by atoms with Gasteiger partial charge in [0.25, 0.3) is 5.91 Å². The van der Waals surface area contributed by atoms with Crippen LogP contribution in [0.2, 0.25) is 0 Å². The molecule has 2 aromatic rings. The van der Waals surface area contributed by atoms with Gasteiger partial charge < -0.3 is 14.5 Å². The molecule has 5 nitrogen and oxygen atoms in total. The summed E-state index contributed by atoms with van der Waals surface area (Å²) in [7, 11) is 1.40. The summed E-state index contributed by atoms with van der Waals surface area (Å²) in [6.07, 6.45) is 1.76. The molecule has 0 spiro atoms. The molecule has 0 saturated carbocycles. The van der Waals surface area contributed by atoms with Crippen LogP contribution in [0.25, 0.3) is 0 Å². The summed E-state index contributed by atoms with van der Waals surface area (Å²) in [5, 5.41) is 0. The second kappa shape index (κ2) is 6.64.